The summed E-state index contributed by atoms with van der Waals surface area (Å²) in [6.07, 6.45) is 0. The lowest BCUT2D eigenvalue weighted by molar-refractivity contribution is 0.280. The minimum atomic E-state index is -0.646. The zero-order valence-electron chi connectivity index (χ0n) is 10.7. The smallest absolute Gasteiger partial charge is 0.140 e. The molecule has 0 fully saturated rings. The number of halogens is 2. The predicted octanol–water partition coefficient (Wildman–Crippen LogP) is 4.23. The zero-order valence-corrected chi connectivity index (χ0v) is 11.5. The van der Waals surface area contributed by atoms with Gasteiger partial charge < -0.3 is 5.11 Å². The van der Waals surface area contributed by atoms with Crippen molar-refractivity contribution in [2.24, 2.45) is 0 Å². The predicted molar refractivity (Wildman–Crippen MR) is 72.3 cm³/mol. The van der Waals surface area contributed by atoms with Crippen LogP contribution < -0.4 is 0 Å². The molecule has 0 heterocycles. The molecule has 0 amide bonds. The molecule has 4 heteroatoms. The van der Waals surface area contributed by atoms with Crippen LogP contribution >= 0.6 is 11.8 Å². The summed E-state index contributed by atoms with van der Waals surface area (Å²) >= 11 is 1.05. The Labute approximate surface area is 115 Å². The lowest BCUT2D eigenvalue weighted by Gasteiger charge is -2.08. The van der Waals surface area contributed by atoms with Gasteiger partial charge in [0, 0.05) is 4.90 Å². The summed E-state index contributed by atoms with van der Waals surface area (Å²) in [6.45, 7) is 3.57. The molecule has 0 bridgehead atoms. The Balaban J connectivity index is 2.35. The van der Waals surface area contributed by atoms with E-state index in [2.05, 4.69) is 0 Å². The molecular weight excluding hydrogens is 266 g/mol. The van der Waals surface area contributed by atoms with E-state index in [4.69, 9.17) is 5.11 Å². The Hall–Kier alpha value is -1.39. The minimum absolute atomic E-state index is 0.0412. The first kappa shape index (κ1) is 14.0. The van der Waals surface area contributed by atoms with Gasteiger partial charge in [-0.2, -0.15) is 0 Å². The Bertz CT molecular complexity index is 588. The second-order valence-electron chi connectivity index (χ2n) is 4.39. The molecule has 0 aliphatic carbocycles. The van der Waals surface area contributed by atoms with Crippen LogP contribution in [0.5, 0.6) is 0 Å². The Morgan fingerprint density at radius 1 is 1.00 bits per heavy atom. The average molecular weight is 280 g/mol. The monoisotopic (exact) mass is 280 g/mol. The molecule has 0 aromatic heterocycles. The van der Waals surface area contributed by atoms with Crippen molar-refractivity contribution in [2.75, 3.05) is 0 Å². The van der Waals surface area contributed by atoms with Crippen LogP contribution in [-0.4, -0.2) is 5.11 Å². The molecule has 0 aliphatic rings. The fourth-order valence-electron chi connectivity index (χ4n) is 1.70. The molecule has 0 atom stereocenters. The maximum Gasteiger partial charge on any atom is 0.140 e. The highest BCUT2D eigenvalue weighted by atomic mass is 32.2. The third kappa shape index (κ3) is 3.14. The largest absolute Gasteiger partial charge is 0.392 e. The highest BCUT2D eigenvalue weighted by Gasteiger charge is 2.13. The van der Waals surface area contributed by atoms with E-state index in [0.29, 0.717) is 0 Å². The third-order valence-corrected chi connectivity index (χ3v) is 4.02. The molecular formula is C15H14F2OS. The van der Waals surface area contributed by atoms with Crippen molar-refractivity contribution < 1.29 is 13.9 Å². The molecule has 1 N–H and O–H groups in total. The van der Waals surface area contributed by atoms with Crippen molar-refractivity contribution in [3.05, 3.63) is 58.7 Å². The molecule has 0 spiro atoms. The van der Waals surface area contributed by atoms with E-state index in [0.717, 1.165) is 39.9 Å². The van der Waals surface area contributed by atoms with E-state index in [1.54, 1.807) is 0 Å². The normalized spacial score (nSPS) is 10.8. The summed E-state index contributed by atoms with van der Waals surface area (Å²) < 4.78 is 27.6. The van der Waals surface area contributed by atoms with Gasteiger partial charge in [-0.15, -0.1) is 0 Å². The number of aryl methyl sites for hydroxylation is 2. The van der Waals surface area contributed by atoms with Crippen molar-refractivity contribution in [3.63, 3.8) is 0 Å². The second kappa shape index (κ2) is 5.72. The average Bonchev–Trinajstić information content (AvgIpc) is 2.37. The third-order valence-electron chi connectivity index (χ3n) is 2.94. The Morgan fingerprint density at radius 2 is 1.63 bits per heavy atom. The SMILES string of the molecule is Cc1ccc(Sc2c(F)cc(CO)cc2F)cc1C. The van der Waals surface area contributed by atoms with E-state index in [1.165, 1.54) is 0 Å². The van der Waals surface area contributed by atoms with Gasteiger partial charge in [-0.3, -0.25) is 0 Å². The van der Waals surface area contributed by atoms with Gasteiger partial charge in [0.15, 0.2) is 0 Å². The number of aliphatic hydroxyl groups excluding tert-OH is 1. The van der Waals surface area contributed by atoms with Crippen LogP contribution in [0.4, 0.5) is 8.78 Å². The van der Waals surface area contributed by atoms with Gasteiger partial charge in [-0.25, -0.2) is 8.78 Å². The van der Waals surface area contributed by atoms with Crippen LogP contribution in [0.25, 0.3) is 0 Å². The highest BCUT2D eigenvalue weighted by molar-refractivity contribution is 7.99. The van der Waals surface area contributed by atoms with Gasteiger partial charge >= 0.3 is 0 Å². The van der Waals surface area contributed by atoms with Crippen molar-refractivity contribution in [3.8, 4) is 0 Å². The van der Waals surface area contributed by atoms with Crippen LogP contribution in [0.2, 0.25) is 0 Å². The minimum Gasteiger partial charge on any atom is -0.392 e. The summed E-state index contributed by atoms with van der Waals surface area (Å²) in [7, 11) is 0. The van der Waals surface area contributed by atoms with Gasteiger partial charge in [-0.05, 0) is 54.8 Å². The molecule has 0 aliphatic heterocycles. The summed E-state index contributed by atoms with van der Waals surface area (Å²) in [5.74, 6) is -1.29. The Morgan fingerprint density at radius 3 is 2.16 bits per heavy atom. The quantitative estimate of drug-likeness (QED) is 0.908. The van der Waals surface area contributed by atoms with Crippen molar-refractivity contribution in [2.45, 2.75) is 30.2 Å². The number of benzene rings is 2. The molecule has 1 nitrogen and oxygen atoms in total. The van der Waals surface area contributed by atoms with Gasteiger partial charge in [0.25, 0.3) is 0 Å². The first-order valence-electron chi connectivity index (χ1n) is 5.85. The summed E-state index contributed by atoms with van der Waals surface area (Å²) in [5.41, 5.74) is 2.46. The van der Waals surface area contributed by atoms with Crippen LogP contribution in [0, 0.1) is 25.5 Å². The van der Waals surface area contributed by atoms with Gasteiger partial charge in [0.1, 0.15) is 11.6 Å². The van der Waals surface area contributed by atoms with E-state index in [-0.39, 0.29) is 17.1 Å². The van der Waals surface area contributed by atoms with Crippen molar-refractivity contribution >= 4 is 11.8 Å². The van der Waals surface area contributed by atoms with E-state index < -0.39 is 11.6 Å². The van der Waals surface area contributed by atoms with Crippen LogP contribution in [0.3, 0.4) is 0 Å². The maximum atomic E-state index is 13.8. The molecule has 100 valence electrons. The van der Waals surface area contributed by atoms with Crippen LogP contribution in [0.15, 0.2) is 40.1 Å². The molecule has 0 radical (unpaired) electrons. The van der Waals surface area contributed by atoms with Crippen LogP contribution in [-0.2, 0) is 6.61 Å². The number of aliphatic hydroxyl groups is 1. The maximum absolute atomic E-state index is 13.8. The molecule has 0 unspecified atom stereocenters. The fraction of sp³-hybridized carbons (Fsp3) is 0.200. The lowest BCUT2D eigenvalue weighted by atomic mass is 10.1. The van der Waals surface area contributed by atoms with Crippen molar-refractivity contribution in [1.82, 2.24) is 0 Å². The molecule has 0 saturated carbocycles. The summed E-state index contributed by atoms with van der Waals surface area (Å²) in [5, 5.41) is 8.89. The molecule has 2 aromatic carbocycles. The fourth-order valence-corrected chi connectivity index (χ4v) is 2.62. The van der Waals surface area contributed by atoms with E-state index in [9.17, 15) is 8.78 Å². The van der Waals surface area contributed by atoms with E-state index >= 15 is 0 Å². The summed E-state index contributed by atoms with van der Waals surface area (Å²) in [4.78, 5) is 0.748. The topological polar surface area (TPSA) is 20.2 Å². The van der Waals surface area contributed by atoms with Crippen molar-refractivity contribution in [1.29, 1.82) is 0 Å². The molecule has 0 saturated heterocycles. The summed E-state index contributed by atoms with van der Waals surface area (Å²) in [6, 6.07) is 7.99. The Kier molecular flexibility index (Phi) is 4.22. The standard InChI is InChI=1S/C15H14F2OS/c1-9-3-4-12(5-10(9)2)19-15-13(16)6-11(8-18)7-14(15)17/h3-7,18H,8H2,1-2H3. The molecule has 2 aromatic rings. The van der Waals surface area contributed by atoms with Gasteiger partial charge in [-0.1, -0.05) is 17.8 Å². The van der Waals surface area contributed by atoms with Crippen LogP contribution in [0.1, 0.15) is 16.7 Å². The zero-order chi connectivity index (χ0) is 14.0. The highest BCUT2D eigenvalue weighted by Crippen LogP contribution is 2.33. The number of hydrogen-bond acceptors (Lipinski definition) is 2. The van der Waals surface area contributed by atoms with E-state index in [1.807, 2.05) is 32.0 Å². The lowest BCUT2D eigenvalue weighted by Crippen LogP contribution is -1.93. The first-order chi connectivity index (χ1) is 9.01. The molecule has 19 heavy (non-hydrogen) atoms. The molecule has 2 rings (SSSR count). The first-order valence-corrected chi connectivity index (χ1v) is 6.67. The van der Waals surface area contributed by atoms with Gasteiger partial charge in [0.05, 0.1) is 11.5 Å². The number of hydrogen-bond donors (Lipinski definition) is 1. The second-order valence-corrected chi connectivity index (χ2v) is 5.48. The number of rotatable bonds is 3. The van der Waals surface area contributed by atoms with Gasteiger partial charge in [0.2, 0.25) is 0 Å².